The van der Waals surface area contributed by atoms with E-state index in [1.165, 1.54) is 30.0 Å². The number of ketones is 1. The number of hydrogen-bond acceptors (Lipinski definition) is 3. The number of ether oxygens (including phenoxy) is 1. The number of carbonyl (C=O) groups is 1. The molecule has 0 fully saturated rings. The van der Waals surface area contributed by atoms with Crippen molar-refractivity contribution in [2.75, 3.05) is 7.11 Å². The summed E-state index contributed by atoms with van der Waals surface area (Å²) in [4.78, 5) is 11.9. The number of halogens is 2. The number of carbonyl (C=O) groups excluding carboxylic acids is 1. The van der Waals surface area contributed by atoms with Crippen molar-refractivity contribution >= 4 is 5.78 Å². The molecule has 0 atom stereocenters. The molecule has 0 spiro atoms. The Morgan fingerprint density at radius 2 is 2.16 bits per heavy atom. The Morgan fingerprint density at radius 1 is 1.42 bits per heavy atom. The molecule has 19 heavy (non-hydrogen) atoms. The van der Waals surface area contributed by atoms with E-state index in [0.717, 1.165) is 6.07 Å². The summed E-state index contributed by atoms with van der Waals surface area (Å²) in [5.41, 5.74) is 0.164. The summed E-state index contributed by atoms with van der Waals surface area (Å²) in [6.07, 6.45) is -0.246. The lowest BCUT2D eigenvalue weighted by Crippen LogP contribution is -2.07. The highest BCUT2D eigenvalue weighted by molar-refractivity contribution is 5.96. The van der Waals surface area contributed by atoms with Crippen molar-refractivity contribution in [1.82, 2.24) is 9.78 Å². The van der Waals surface area contributed by atoms with Crippen LogP contribution < -0.4 is 4.74 Å². The van der Waals surface area contributed by atoms with Crippen molar-refractivity contribution < 1.29 is 18.3 Å². The molecule has 0 saturated heterocycles. The van der Waals surface area contributed by atoms with Gasteiger partial charge in [0.05, 0.1) is 7.11 Å². The van der Waals surface area contributed by atoms with Crippen molar-refractivity contribution in [1.29, 1.82) is 0 Å². The van der Waals surface area contributed by atoms with Crippen LogP contribution in [0.5, 0.6) is 5.88 Å². The third kappa shape index (κ3) is 2.62. The summed E-state index contributed by atoms with van der Waals surface area (Å²) in [6.45, 7) is 0. The van der Waals surface area contributed by atoms with Gasteiger partial charge in [-0.2, -0.15) is 5.10 Å². The fraction of sp³-hybridized carbons (Fsp3) is 0.231. The van der Waals surface area contributed by atoms with Crippen molar-refractivity contribution in [2.24, 2.45) is 7.05 Å². The van der Waals surface area contributed by atoms with Gasteiger partial charge in [-0.3, -0.25) is 4.79 Å². The van der Waals surface area contributed by atoms with E-state index >= 15 is 0 Å². The highest BCUT2D eigenvalue weighted by atomic mass is 19.2. The molecule has 2 rings (SSSR count). The molecule has 0 saturated carbocycles. The van der Waals surface area contributed by atoms with Gasteiger partial charge in [0.1, 0.15) is 5.69 Å². The minimum Gasteiger partial charge on any atom is -0.481 e. The van der Waals surface area contributed by atoms with Crippen LogP contribution in [0.3, 0.4) is 0 Å². The first-order valence-corrected chi connectivity index (χ1v) is 5.57. The molecule has 0 amide bonds. The molecule has 0 unspecified atom stereocenters. The van der Waals surface area contributed by atoms with Crippen molar-refractivity contribution in [3.63, 3.8) is 0 Å². The second kappa shape index (κ2) is 5.17. The van der Waals surface area contributed by atoms with Crippen molar-refractivity contribution in [3.8, 4) is 5.88 Å². The Hall–Kier alpha value is -2.24. The summed E-state index contributed by atoms with van der Waals surface area (Å²) in [6, 6.07) is 5.20. The van der Waals surface area contributed by atoms with E-state index in [1.54, 1.807) is 7.05 Å². The third-order valence-electron chi connectivity index (χ3n) is 2.71. The summed E-state index contributed by atoms with van der Waals surface area (Å²) < 4.78 is 32.9. The number of rotatable bonds is 4. The lowest BCUT2D eigenvalue weighted by atomic mass is 10.1. The molecule has 0 radical (unpaired) electrons. The van der Waals surface area contributed by atoms with Gasteiger partial charge in [0, 0.05) is 19.5 Å². The van der Waals surface area contributed by atoms with Gasteiger partial charge in [0.15, 0.2) is 17.4 Å². The van der Waals surface area contributed by atoms with Crippen molar-refractivity contribution in [2.45, 2.75) is 6.42 Å². The van der Waals surface area contributed by atoms with Crippen LogP contribution >= 0.6 is 0 Å². The molecular weight excluding hydrogens is 254 g/mol. The van der Waals surface area contributed by atoms with Gasteiger partial charge < -0.3 is 4.74 Å². The average molecular weight is 266 g/mol. The van der Waals surface area contributed by atoms with E-state index in [9.17, 15) is 13.6 Å². The number of Topliss-reactive ketones (excluding diaryl/α,β-unsaturated/α-hetero) is 1. The normalized spacial score (nSPS) is 10.5. The second-order valence-corrected chi connectivity index (χ2v) is 4.01. The minimum absolute atomic E-state index is 0.00891. The van der Waals surface area contributed by atoms with Crippen LogP contribution in [0.2, 0.25) is 0 Å². The summed E-state index contributed by atoms with van der Waals surface area (Å²) >= 11 is 0. The molecule has 1 aromatic carbocycles. The molecule has 0 N–H and O–H groups in total. The Bertz CT molecular complexity index is 623. The predicted octanol–water partition coefficient (Wildman–Crippen LogP) is 2.13. The van der Waals surface area contributed by atoms with Gasteiger partial charge in [-0.15, -0.1) is 0 Å². The zero-order chi connectivity index (χ0) is 14.0. The first kappa shape index (κ1) is 13.2. The van der Waals surface area contributed by atoms with Gasteiger partial charge >= 0.3 is 0 Å². The van der Waals surface area contributed by atoms with Crippen LogP contribution in [0, 0.1) is 11.6 Å². The van der Waals surface area contributed by atoms with E-state index in [1.807, 2.05) is 0 Å². The Labute approximate surface area is 108 Å². The topological polar surface area (TPSA) is 44.1 Å². The molecule has 0 aliphatic rings. The van der Waals surface area contributed by atoms with E-state index in [0.29, 0.717) is 5.88 Å². The number of nitrogens with zero attached hydrogens (tertiary/aromatic N) is 2. The molecule has 4 nitrogen and oxygen atoms in total. The Balaban J connectivity index is 2.23. The molecule has 0 bridgehead atoms. The van der Waals surface area contributed by atoms with Crippen LogP contribution in [-0.4, -0.2) is 22.7 Å². The van der Waals surface area contributed by atoms with Crippen molar-refractivity contribution in [3.05, 3.63) is 47.2 Å². The standard InChI is InChI=1S/C13H12F2N2O2/c1-17-12(19-2)7-10(16-17)11(18)6-8-4-3-5-9(14)13(8)15/h3-5,7H,6H2,1-2H3. The highest BCUT2D eigenvalue weighted by Gasteiger charge is 2.17. The van der Waals surface area contributed by atoms with Gasteiger partial charge in [-0.05, 0) is 11.6 Å². The molecule has 1 heterocycles. The molecule has 100 valence electrons. The summed E-state index contributed by atoms with van der Waals surface area (Å²) in [7, 11) is 3.08. The molecule has 0 aliphatic heterocycles. The smallest absolute Gasteiger partial charge is 0.211 e. The van der Waals surface area contributed by atoms with Gasteiger partial charge in [-0.1, -0.05) is 12.1 Å². The molecule has 6 heteroatoms. The molecular formula is C13H12F2N2O2. The van der Waals surface area contributed by atoms with Gasteiger partial charge in [0.2, 0.25) is 5.88 Å². The number of aromatic nitrogens is 2. The number of hydrogen-bond donors (Lipinski definition) is 0. The fourth-order valence-electron chi connectivity index (χ4n) is 1.73. The van der Waals surface area contributed by atoms with E-state index in [-0.39, 0.29) is 17.7 Å². The van der Waals surface area contributed by atoms with E-state index < -0.39 is 17.4 Å². The SMILES string of the molecule is COc1cc(C(=O)Cc2cccc(F)c2F)nn1C. The van der Waals surface area contributed by atoms with Gasteiger partial charge in [0.25, 0.3) is 0 Å². The number of benzene rings is 1. The first-order chi connectivity index (χ1) is 9.02. The lowest BCUT2D eigenvalue weighted by molar-refractivity contribution is 0.0986. The highest BCUT2D eigenvalue weighted by Crippen LogP contribution is 2.16. The fourth-order valence-corrected chi connectivity index (χ4v) is 1.73. The summed E-state index contributed by atoms with van der Waals surface area (Å²) in [5, 5.41) is 3.96. The number of aryl methyl sites for hydroxylation is 1. The Morgan fingerprint density at radius 3 is 2.79 bits per heavy atom. The maximum absolute atomic E-state index is 13.5. The maximum Gasteiger partial charge on any atom is 0.211 e. The number of methoxy groups -OCH3 is 1. The average Bonchev–Trinajstić information content (AvgIpc) is 2.76. The minimum atomic E-state index is -1.00. The van der Waals surface area contributed by atoms with Crippen LogP contribution in [0.25, 0.3) is 0 Å². The van der Waals surface area contributed by atoms with Crippen LogP contribution in [-0.2, 0) is 13.5 Å². The predicted molar refractivity (Wildman–Crippen MR) is 64.2 cm³/mol. The molecule has 1 aromatic heterocycles. The van der Waals surface area contributed by atoms with E-state index in [4.69, 9.17) is 4.74 Å². The monoisotopic (exact) mass is 266 g/mol. The van der Waals surface area contributed by atoms with Crippen LogP contribution in [0.1, 0.15) is 16.1 Å². The third-order valence-corrected chi connectivity index (χ3v) is 2.71. The summed E-state index contributed by atoms with van der Waals surface area (Å²) in [5.74, 6) is -1.95. The van der Waals surface area contributed by atoms with Crippen LogP contribution in [0.15, 0.2) is 24.3 Å². The molecule has 0 aliphatic carbocycles. The van der Waals surface area contributed by atoms with Crippen LogP contribution in [0.4, 0.5) is 8.78 Å². The lowest BCUT2D eigenvalue weighted by Gasteiger charge is -2.01. The second-order valence-electron chi connectivity index (χ2n) is 4.01. The first-order valence-electron chi connectivity index (χ1n) is 5.57. The zero-order valence-electron chi connectivity index (χ0n) is 10.5. The quantitative estimate of drug-likeness (QED) is 0.796. The van der Waals surface area contributed by atoms with E-state index in [2.05, 4.69) is 5.10 Å². The zero-order valence-corrected chi connectivity index (χ0v) is 10.5. The largest absolute Gasteiger partial charge is 0.481 e. The van der Waals surface area contributed by atoms with Gasteiger partial charge in [-0.25, -0.2) is 13.5 Å². The molecule has 2 aromatic rings. The maximum atomic E-state index is 13.5. The Kier molecular flexibility index (Phi) is 3.59.